The van der Waals surface area contributed by atoms with Crippen LogP contribution < -0.4 is 4.74 Å². The SMILES string of the molecule is COc1cc([C@]2(C#N)CC[C@H](N3CCOCC3)CC2)ccc1[N+](=O)[O-]. The Hall–Kier alpha value is -2.17. The van der Waals surface area contributed by atoms with E-state index in [1.54, 1.807) is 12.1 Å². The van der Waals surface area contributed by atoms with Gasteiger partial charge in [0.2, 0.25) is 0 Å². The Morgan fingerprint density at radius 1 is 1.36 bits per heavy atom. The number of hydrogen-bond donors (Lipinski definition) is 0. The molecule has 1 aliphatic heterocycles. The summed E-state index contributed by atoms with van der Waals surface area (Å²) in [5.41, 5.74) is 0.157. The van der Waals surface area contributed by atoms with Gasteiger partial charge in [0.15, 0.2) is 5.75 Å². The minimum absolute atomic E-state index is 0.0682. The van der Waals surface area contributed by atoms with E-state index >= 15 is 0 Å². The molecule has 2 aliphatic rings. The predicted molar refractivity (Wildman–Crippen MR) is 91.6 cm³/mol. The number of morpholine rings is 1. The average Bonchev–Trinajstić information content (AvgIpc) is 2.68. The fourth-order valence-corrected chi connectivity index (χ4v) is 3.99. The van der Waals surface area contributed by atoms with Crippen molar-refractivity contribution in [3.05, 3.63) is 33.9 Å². The Kier molecular flexibility index (Phi) is 5.21. The Balaban J connectivity index is 1.78. The van der Waals surface area contributed by atoms with Gasteiger partial charge in [-0.15, -0.1) is 0 Å². The first-order valence-corrected chi connectivity index (χ1v) is 8.65. The topological polar surface area (TPSA) is 88.6 Å². The monoisotopic (exact) mass is 345 g/mol. The van der Waals surface area contributed by atoms with Gasteiger partial charge in [-0.2, -0.15) is 5.26 Å². The van der Waals surface area contributed by atoms with Gasteiger partial charge in [0.25, 0.3) is 0 Å². The van der Waals surface area contributed by atoms with Crippen molar-refractivity contribution in [3.8, 4) is 11.8 Å². The zero-order valence-electron chi connectivity index (χ0n) is 14.4. The summed E-state index contributed by atoms with van der Waals surface area (Å²) in [5.74, 6) is 0.215. The lowest BCUT2D eigenvalue weighted by atomic mass is 9.69. The first kappa shape index (κ1) is 17.6. The molecule has 1 saturated heterocycles. The minimum atomic E-state index is -0.592. The van der Waals surface area contributed by atoms with Gasteiger partial charge in [-0.05, 0) is 37.3 Å². The van der Waals surface area contributed by atoms with Crippen LogP contribution in [0, 0.1) is 21.4 Å². The van der Waals surface area contributed by atoms with E-state index in [9.17, 15) is 15.4 Å². The van der Waals surface area contributed by atoms with Crippen LogP contribution in [0.5, 0.6) is 5.75 Å². The first-order valence-electron chi connectivity index (χ1n) is 8.65. The molecule has 134 valence electrons. The highest BCUT2D eigenvalue weighted by Gasteiger charge is 2.39. The second-order valence-corrected chi connectivity index (χ2v) is 6.72. The maximum atomic E-state index is 11.1. The van der Waals surface area contributed by atoms with Gasteiger partial charge in [-0.25, -0.2) is 0 Å². The van der Waals surface area contributed by atoms with Crippen molar-refractivity contribution < 1.29 is 14.4 Å². The lowest BCUT2D eigenvalue weighted by Crippen LogP contribution is -2.47. The van der Waals surface area contributed by atoms with E-state index in [0.29, 0.717) is 6.04 Å². The number of nitrogens with zero attached hydrogens (tertiary/aromatic N) is 3. The number of benzene rings is 1. The molecule has 0 atom stereocenters. The molecule has 1 aliphatic carbocycles. The molecule has 7 heteroatoms. The third-order valence-corrected chi connectivity index (χ3v) is 5.51. The van der Waals surface area contributed by atoms with E-state index < -0.39 is 10.3 Å². The summed E-state index contributed by atoms with van der Waals surface area (Å²) in [6, 6.07) is 7.80. The number of nitro benzene ring substituents is 1. The van der Waals surface area contributed by atoms with Crippen molar-refractivity contribution in [3.63, 3.8) is 0 Å². The number of nitro groups is 1. The Labute approximate surface area is 147 Å². The third-order valence-electron chi connectivity index (χ3n) is 5.51. The number of nitriles is 1. The van der Waals surface area contributed by atoms with Gasteiger partial charge >= 0.3 is 5.69 Å². The summed E-state index contributed by atoms with van der Waals surface area (Å²) in [6.45, 7) is 3.46. The summed E-state index contributed by atoms with van der Waals surface area (Å²) in [5, 5.41) is 21.0. The van der Waals surface area contributed by atoms with Crippen LogP contribution in [0.3, 0.4) is 0 Å². The van der Waals surface area contributed by atoms with E-state index in [2.05, 4.69) is 11.0 Å². The molecule has 7 nitrogen and oxygen atoms in total. The van der Waals surface area contributed by atoms with Crippen molar-refractivity contribution in [1.29, 1.82) is 5.26 Å². The standard InChI is InChI=1S/C18H23N3O4/c1-24-17-12-14(2-3-16(17)21(22)23)18(13-19)6-4-15(5-7-18)20-8-10-25-11-9-20/h2-3,12,15H,4-11H2,1H3/t15-,18+. The van der Waals surface area contributed by atoms with Crippen molar-refractivity contribution in [2.75, 3.05) is 33.4 Å². The van der Waals surface area contributed by atoms with Gasteiger partial charge < -0.3 is 9.47 Å². The van der Waals surface area contributed by atoms with E-state index in [-0.39, 0.29) is 11.4 Å². The van der Waals surface area contributed by atoms with Crippen LogP contribution in [0.1, 0.15) is 31.2 Å². The Bertz CT molecular complexity index is 671. The number of ether oxygens (including phenoxy) is 2. The van der Waals surface area contributed by atoms with Gasteiger partial charge in [-0.3, -0.25) is 15.0 Å². The highest BCUT2D eigenvalue weighted by molar-refractivity contribution is 5.51. The second-order valence-electron chi connectivity index (χ2n) is 6.72. The molecular weight excluding hydrogens is 322 g/mol. The molecule has 1 aromatic carbocycles. The molecule has 2 fully saturated rings. The molecule has 0 bridgehead atoms. The molecule has 25 heavy (non-hydrogen) atoms. The molecule has 0 spiro atoms. The highest BCUT2D eigenvalue weighted by atomic mass is 16.6. The number of rotatable bonds is 4. The smallest absolute Gasteiger partial charge is 0.310 e. The summed E-state index contributed by atoms with van der Waals surface area (Å²) in [4.78, 5) is 13.1. The van der Waals surface area contributed by atoms with Gasteiger partial charge in [-0.1, -0.05) is 6.07 Å². The van der Waals surface area contributed by atoms with Crippen molar-refractivity contribution in [1.82, 2.24) is 4.90 Å². The van der Waals surface area contributed by atoms with Crippen LogP contribution in [0.15, 0.2) is 18.2 Å². The quantitative estimate of drug-likeness (QED) is 0.616. The highest BCUT2D eigenvalue weighted by Crippen LogP contribution is 2.43. The largest absolute Gasteiger partial charge is 0.490 e. The van der Waals surface area contributed by atoms with Gasteiger partial charge in [0.05, 0.1) is 36.7 Å². The molecule has 1 aromatic rings. The summed E-state index contributed by atoms with van der Waals surface area (Å²) in [6.07, 6.45) is 3.42. The average molecular weight is 345 g/mol. The van der Waals surface area contributed by atoms with Gasteiger partial charge in [0.1, 0.15) is 0 Å². The summed E-state index contributed by atoms with van der Waals surface area (Å²) < 4.78 is 10.6. The van der Waals surface area contributed by atoms with E-state index in [4.69, 9.17) is 9.47 Å². The maximum absolute atomic E-state index is 11.1. The normalized spacial score (nSPS) is 27.4. The lowest BCUT2D eigenvalue weighted by Gasteiger charge is -2.41. The maximum Gasteiger partial charge on any atom is 0.310 e. The number of hydrogen-bond acceptors (Lipinski definition) is 6. The van der Waals surface area contributed by atoms with Crippen molar-refractivity contribution in [2.45, 2.75) is 37.1 Å². The molecule has 0 unspecified atom stereocenters. The van der Waals surface area contributed by atoms with Crippen molar-refractivity contribution >= 4 is 5.69 Å². The number of methoxy groups -OCH3 is 1. The van der Waals surface area contributed by atoms with E-state index in [0.717, 1.165) is 57.6 Å². The minimum Gasteiger partial charge on any atom is -0.490 e. The Morgan fingerprint density at radius 2 is 2.04 bits per heavy atom. The summed E-state index contributed by atoms with van der Waals surface area (Å²) in [7, 11) is 1.42. The van der Waals surface area contributed by atoms with E-state index in [1.165, 1.54) is 13.2 Å². The second kappa shape index (κ2) is 7.38. The molecule has 0 radical (unpaired) electrons. The molecule has 0 N–H and O–H groups in total. The van der Waals surface area contributed by atoms with E-state index in [1.807, 2.05) is 0 Å². The van der Waals surface area contributed by atoms with Crippen LogP contribution in [0.25, 0.3) is 0 Å². The fraction of sp³-hybridized carbons (Fsp3) is 0.611. The van der Waals surface area contributed by atoms with Gasteiger partial charge in [0, 0.05) is 25.2 Å². The Morgan fingerprint density at radius 3 is 2.60 bits per heavy atom. The first-order chi connectivity index (χ1) is 12.1. The zero-order valence-corrected chi connectivity index (χ0v) is 14.4. The molecule has 1 saturated carbocycles. The van der Waals surface area contributed by atoms with Crippen LogP contribution in [0.4, 0.5) is 5.69 Å². The third kappa shape index (κ3) is 3.46. The van der Waals surface area contributed by atoms with Crippen LogP contribution in [-0.4, -0.2) is 49.3 Å². The molecule has 3 rings (SSSR count). The zero-order chi connectivity index (χ0) is 17.9. The van der Waals surface area contributed by atoms with Crippen molar-refractivity contribution in [2.24, 2.45) is 0 Å². The van der Waals surface area contributed by atoms with Crippen LogP contribution in [-0.2, 0) is 10.2 Å². The molecule has 0 aromatic heterocycles. The lowest BCUT2D eigenvalue weighted by molar-refractivity contribution is -0.385. The molecule has 1 heterocycles. The summed E-state index contributed by atoms with van der Waals surface area (Å²) >= 11 is 0. The molecular formula is C18H23N3O4. The predicted octanol–water partition coefficient (Wildman–Crippen LogP) is 2.64. The molecule has 0 amide bonds. The van der Waals surface area contributed by atoms with Crippen LogP contribution in [0.2, 0.25) is 0 Å². The fourth-order valence-electron chi connectivity index (χ4n) is 3.99. The van der Waals surface area contributed by atoms with Crippen LogP contribution >= 0.6 is 0 Å².